The first kappa shape index (κ1) is 16.1. The van der Waals surface area contributed by atoms with E-state index in [0.29, 0.717) is 0 Å². The molecular formula is C16H20ClFO3. The van der Waals surface area contributed by atoms with Crippen molar-refractivity contribution in [3.63, 3.8) is 0 Å². The Kier molecular flexibility index (Phi) is 4.77. The Hall–Kier alpha value is -1.29. The molecule has 5 heteroatoms. The number of hydrogen-bond acceptors (Lipinski definition) is 3. The molecule has 0 bridgehead atoms. The fourth-order valence-electron chi connectivity index (χ4n) is 2.46. The molecule has 0 saturated carbocycles. The van der Waals surface area contributed by atoms with Gasteiger partial charge in [0.25, 0.3) is 0 Å². The average molecular weight is 315 g/mol. The summed E-state index contributed by atoms with van der Waals surface area (Å²) in [6.07, 6.45) is 3.64. The first-order valence-electron chi connectivity index (χ1n) is 7.12. The topological polar surface area (TPSA) is 35.5 Å². The lowest BCUT2D eigenvalue weighted by Gasteiger charge is -2.22. The highest BCUT2D eigenvalue weighted by Crippen LogP contribution is 2.36. The van der Waals surface area contributed by atoms with Crippen molar-refractivity contribution in [3.05, 3.63) is 28.0 Å². The van der Waals surface area contributed by atoms with Crippen molar-refractivity contribution in [2.24, 2.45) is 0 Å². The van der Waals surface area contributed by atoms with Gasteiger partial charge in [0.2, 0.25) is 0 Å². The Labute approximate surface area is 129 Å². The molecule has 0 heterocycles. The first-order chi connectivity index (χ1) is 9.78. The van der Waals surface area contributed by atoms with Crippen molar-refractivity contribution < 1.29 is 18.7 Å². The van der Waals surface area contributed by atoms with E-state index in [4.69, 9.17) is 21.1 Å². The monoisotopic (exact) mass is 314 g/mol. The van der Waals surface area contributed by atoms with Crippen molar-refractivity contribution >= 4 is 17.6 Å². The highest BCUT2D eigenvalue weighted by molar-refractivity contribution is 6.31. The van der Waals surface area contributed by atoms with Crippen LogP contribution in [0.5, 0.6) is 5.75 Å². The molecule has 3 nitrogen and oxygen atoms in total. The maximum Gasteiger partial charge on any atom is 0.344 e. The van der Waals surface area contributed by atoms with Crippen molar-refractivity contribution in [2.45, 2.75) is 52.1 Å². The minimum absolute atomic E-state index is 0.0369. The van der Waals surface area contributed by atoms with E-state index in [-0.39, 0.29) is 17.4 Å². The van der Waals surface area contributed by atoms with Crippen LogP contribution in [0.15, 0.2) is 6.07 Å². The molecule has 2 rings (SSSR count). The van der Waals surface area contributed by atoms with Gasteiger partial charge in [-0.25, -0.2) is 9.18 Å². The highest BCUT2D eigenvalue weighted by Gasteiger charge is 2.23. The Balaban J connectivity index is 2.16. The average Bonchev–Trinajstić information content (AvgIpc) is 2.37. The number of ether oxygens (including phenoxy) is 2. The number of rotatable bonds is 3. The zero-order valence-corrected chi connectivity index (χ0v) is 13.3. The van der Waals surface area contributed by atoms with Crippen molar-refractivity contribution in [2.75, 3.05) is 6.61 Å². The van der Waals surface area contributed by atoms with E-state index in [2.05, 4.69) is 0 Å². The van der Waals surface area contributed by atoms with E-state index in [1.807, 2.05) is 0 Å². The number of hydrogen-bond donors (Lipinski definition) is 0. The summed E-state index contributed by atoms with van der Waals surface area (Å²) in [7, 11) is 0. The lowest BCUT2D eigenvalue weighted by Crippen LogP contribution is -2.27. The lowest BCUT2D eigenvalue weighted by atomic mass is 9.91. The van der Waals surface area contributed by atoms with Crippen LogP contribution < -0.4 is 4.74 Å². The summed E-state index contributed by atoms with van der Waals surface area (Å²) >= 11 is 5.90. The number of esters is 1. The summed E-state index contributed by atoms with van der Waals surface area (Å²) in [6, 6.07) is 1.66. The van der Waals surface area contributed by atoms with Gasteiger partial charge in [0, 0.05) is 5.56 Å². The molecule has 0 amide bonds. The minimum atomic E-state index is -0.596. The normalized spacial score (nSPS) is 14.5. The molecular weight excluding hydrogens is 295 g/mol. The Bertz CT molecular complexity index is 549. The number of carbonyl (C=O) groups is 1. The minimum Gasteiger partial charge on any atom is -0.478 e. The van der Waals surface area contributed by atoms with Gasteiger partial charge in [-0.15, -0.1) is 0 Å². The van der Waals surface area contributed by atoms with Crippen LogP contribution in [0.2, 0.25) is 5.02 Å². The van der Waals surface area contributed by atoms with Crippen LogP contribution in [0.4, 0.5) is 4.39 Å². The van der Waals surface area contributed by atoms with Gasteiger partial charge in [-0.1, -0.05) is 11.6 Å². The molecule has 1 aliphatic rings. The van der Waals surface area contributed by atoms with E-state index >= 15 is 0 Å². The SMILES string of the molecule is CC(C)(C)OC(=O)COc1c(F)c(Cl)cc2c1CCCC2. The van der Waals surface area contributed by atoms with E-state index in [9.17, 15) is 9.18 Å². The quantitative estimate of drug-likeness (QED) is 0.789. The molecule has 0 atom stereocenters. The van der Waals surface area contributed by atoms with E-state index in [0.717, 1.165) is 36.8 Å². The van der Waals surface area contributed by atoms with Gasteiger partial charge in [-0.2, -0.15) is 0 Å². The largest absolute Gasteiger partial charge is 0.478 e. The summed E-state index contributed by atoms with van der Waals surface area (Å²) in [5.41, 5.74) is 1.24. The lowest BCUT2D eigenvalue weighted by molar-refractivity contribution is -0.157. The first-order valence-corrected chi connectivity index (χ1v) is 7.50. The zero-order valence-electron chi connectivity index (χ0n) is 12.6. The molecule has 21 heavy (non-hydrogen) atoms. The second kappa shape index (κ2) is 6.22. The summed E-state index contributed by atoms with van der Waals surface area (Å²) < 4.78 is 24.7. The molecule has 116 valence electrons. The molecule has 0 aromatic heterocycles. The van der Waals surface area contributed by atoms with Gasteiger partial charge in [0.15, 0.2) is 18.2 Å². The predicted molar refractivity (Wildman–Crippen MR) is 79.4 cm³/mol. The number of carbonyl (C=O) groups excluding carboxylic acids is 1. The number of benzene rings is 1. The van der Waals surface area contributed by atoms with Gasteiger partial charge in [0.05, 0.1) is 5.02 Å². The van der Waals surface area contributed by atoms with Gasteiger partial charge in [-0.3, -0.25) is 0 Å². The molecule has 1 aliphatic carbocycles. The molecule has 0 spiro atoms. The van der Waals surface area contributed by atoms with Crippen molar-refractivity contribution in [1.29, 1.82) is 0 Å². The Morgan fingerprint density at radius 1 is 1.33 bits per heavy atom. The zero-order chi connectivity index (χ0) is 15.6. The van der Waals surface area contributed by atoms with Gasteiger partial charge >= 0.3 is 5.97 Å². The van der Waals surface area contributed by atoms with E-state index < -0.39 is 17.4 Å². The van der Waals surface area contributed by atoms with Crippen LogP contribution in [-0.2, 0) is 22.4 Å². The number of fused-ring (bicyclic) bond motifs is 1. The van der Waals surface area contributed by atoms with Crippen LogP contribution >= 0.6 is 11.6 Å². The van der Waals surface area contributed by atoms with Gasteiger partial charge < -0.3 is 9.47 Å². The molecule has 0 aliphatic heterocycles. The fourth-order valence-corrected chi connectivity index (χ4v) is 2.67. The molecule has 1 aromatic rings. The van der Waals surface area contributed by atoms with Crippen LogP contribution in [0.1, 0.15) is 44.7 Å². The van der Waals surface area contributed by atoms with Crippen LogP contribution in [-0.4, -0.2) is 18.2 Å². The highest BCUT2D eigenvalue weighted by atomic mass is 35.5. The van der Waals surface area contributed by atoms with Crippen LogP contribution in [0.25, 0.3) is 0 Å². The van der Waals surface area contributed by atoms with Crippen molar-refractivity contribution in [3.8, 4) is 5.75 Å². The second-order valence-electron chi connectivity index (χ2n) is 6.22. The maximum absolute atomic E-state index is 14.2. The smallest absolute Gasteiger partial charge is 0.344 e. The second-order valence-corrected chi connectivity index (χ2v) is 6.63. The molecule has 0 N–H and O–H groups in total. The molecule has 1 aromatic carbocycles. The summed E-state index contributed by atoms with van der Waals surface area (Å²) in [6.45, 7) is 4.99. The summed E-state index contributed by atoms with van der Waals surface area (Å²) in [5.74, 6) is -1.02. The Morgan fingerprint density at radius 2 is 2.00 bits per heavy atom. The third-order valence-corrected chi connectivity index (χ3v) is 3.52. The third kappa shape index (κ3) is 4.10. The predicted octanol–water partition coefficient (Wildman–Crippen LogP) is 4.08. The fraction of sp³-hybridized carbons (Fsp3) is 0.562. The molecule has 0 fully saturated rings. The van der Waals surface area contributed by atoms with Crippen LogP contribution in [0, 0.1) is 5.82 Å². The molecule has 0 saturated heterocycles. The van der Waals surface area contributed by atoms with E-state index in [1.165, 1.54) is 0 Å². The van der Waals surface area contributed by atoms with Crippen molar-refractivity contribution in [1.82, 2.24) is 0 Å². The Morgan fingerprint density at radius 3 is 2.67 bits per heavy atom. The molecule has 0 radical (unpaired) electrons. The summed E-state index contributed by atoms with van der Waals surface area (Å²) in [5, 5.41) is 0.0369. The standard InChI is InChI=1S/C16H20ClFO3/c1-16(2,3)21-13(19)9-20-15-11-7-5-4-6-10(11)8-12(17)14(15)18/h8H,4-7,9H2,1-3H3. The molecule has 0 unspecified atom stereocenters. The maximum atomic E-state index is 14.2. The number of aryl methyl sites for hydroxylation is 1. The summed E-state index contributed by atoms with van der Waals surface area (Å²) in [4.78, 5) is 11.7. The van der Waals surface area contributed by atoms with Crippen LogP contribution in [0.3, 0.4) is 0 Å². The third-order valence-electron chi connectivity index (χ3n) is 3.25. The van der Waals surface area contributed by atoms with Gasteiger partial charge in [0.1, 0.15) is 5.60 Å². The van der Waals surface area contributed by atoms with Gasteiger partial charge in [-0.05, 0) is 58.1 Å². The number of halogens is 2. The van der Waals surface area contributed by atoms with E-state index in [1.54, 1.807) is 26.8 Å².